The second-order valence-electron chi connectivity index (χ2n) is 8.83. The molecule has 1 aliphatic heterocycles. The number of para-hydroxylation sites is 2. The van der Waals surface area contributed by atoms with Crippen molar-refractivity contribution in [1.29, 1.82) is 0 Å². The number of carbonyl (C=O) groups is 1. The van der Waals surface area contributed by atoms with Crippen molar-refractivity contribution >= 4 is 17.3 Å². The third-order valence-electron chi connectivity index (χ3n) is 6.55. The first-order valence-electron chi connectivity index (χ1n) is 11.3. The molecule has 3 nitrogen and oxygen atoms in total. The molecule has 0 spiro atoms. The van der Waals surface area contributed by atoms with Crippen LogP contribution in [0, 0.1) is 5.92 Å². The number of anilines is 2. The van der Waals surface area contributed by atoms with Crippen molar-refractivity contribution in [3.05, 3.63) is 95.6 Å². The van der Waals surface area contributed by atoms with Gasteiger partial charge >= 0.3 is 0 Å². The Labute approximate surface area is 186 Å². The molecule has 4 rings (SSSR count). The van der Waals surface area contributed by atoms with Crippen molar-refractivity contribution in [2.45, 2.75) is 52.1 Å². The van der Waals surface area contributed by atoms with Gasteiger partial charge in [-0.3, -0.25) is 4.79 Å². The summed E-state index contributed by atoms with van der Waals surface area (Å²) in [5.74, 6) is 0.798. The van der Waals surface area contributed by atoms with E-state index in [0.29, 0.717) is 5.92 Å². The Morgan fingerprint density at radius 2 is 1.58 bits per heavy atom. The fourth-order valence-corrected chi connectivity index (χ4v) is 4.78. The molecule has 1 aliphatic rings. The lowest BCUT2D eigenvalue weighted by Crippen LogP contribution is -2.50. The average Bonchev–Trinajstić information content (AvgIpc) is 2.80. The molecule has 0 saturated carbocycles. The molecule has 1 amide bonds. The third kappa shape index (κ3) is 4.10. The molecule has 0 bridgehead atoms. The van der Waals surface area contributed by atoms with Gasteiger partial charge in [0, 0.05) is 28.9 Å². The molecule has 0 unspecified atom stereocenters. The van der Waals surface area contributed by atoms with Crippen LogP contribution in [-0.4, -0.2) is 11.9 Å². The molecule has 3 atom stereocenters. The predicted octanol–water partition coefficient (Wildman–Crippen LogP) is 7.04. The lowest BCUT2D eigenvalue weighted by molar-refractivity contribution is 0.0960. The van der Waals surface area contributed by atoms with Crippen molar-refractivity contribution in [1.82, 2.24) is 0 Å². The molecule has 160 valence electrons. The number of rotatable bonds is 5. The molecule has 3 aromatic carbocycles. The van der Waals surface area contributed by atoms with Crippen LogP contribution in [0.3, 0.4) is 0 Å². The van der Waals surface area contributed by atoms with Gasteiger partial charge < -0.3 is 10.2 Å². The molecular formula is C28H32N2O. The Balaban J connectivity index is 1.73. The van der Waals surface area contributed by atoms with Crippen molar-refractivity contribution in [2.24, 2.45) is 5.92 Å². The van der Waals surface area contributed by atoms with Gasteiger partial charge in [0.2, 0.25) is 0 Å². The van der Waals surface area contributed by atoms with Crippen LogP contribution in [0.5, 0.6) is 0 Å². The van der Waals surface area contributed by atoms with Crippen molar-refractivity contribution < 1.29 is 4.79 Å². The Morgan fingerprint density at radius 1 is 0.935 bits per heavy atom. The SMILES string of the molecule is CC[C@H]1[C@@H](C)[C@H](Nc2ccccc2)c2ccccc2N1C(=O)c1ccc(C(C)C)cc1. The Hall–Kier alpha value is -3.07. The van der Waals surface area contributed by atoms with Gasteiger partial charge in [0.25, 0.3) is 5.91 Å². The number of hydrogen-bond acceptors (Lipinski definition) is 2. The maximum Gasteiger partial charge on any atom is 0.258 e. The van der Waals surface area contributed by atoms with E-state index >= 15 is 0 Å². The van der Waals surface area contributed by atoms with Crippen molar-refractivity contribution in [2.75, 3.05) is 10.2 Å². The smallest absolute Gasteiger partial charge is 0.258 e. The Kier molecular flexibility index (Phi) is 6.13. The van der Waals surface area contributed by atoms with Gasteiger partial charge in [-0.25, -0.2) is 0 Å². The Bertz CT molecular complexity index is 1030. The average molecular weight is 413 g/mol. The number of benzene rings is 3. The minimum absolute atomic E-state index is 0.0830. The summed E-state index contributed by atoms with van der Waals surface area (Å²) in [7, 11) is 0. The first-order chi connectivity index (χ1) is 15.0. The zero-order valence-electron chi connectivity index (χ0n) is 18.9. The molecule has 1 heterocycles. The maximum absolute atomic E-state index is 13.7. The molecule has 0 aliphatic carbocycles. The van der Waals surface area contributed by atoms with Crippen LogP contribution in [0.15, 0.2) is 78.9 Å². The summed E-state index contributed by atoms with van der Waals surface area (Å²) >= 11 is 0. The number of carbonyl (C=O) groups excluding carboxylic acids is 1. The van der Waals surface area contributed by atoms with Crippen LogP contribution in [0.25, 0.3) is 0 Å². The highest BCUT2D eigenvalue weighted by Gasteiger charge is 2.40. The van der Waals surface area contributed by atoms with E-state index in [0.717, 1.165) is 23.4 Å². The van der Waals surface area contributed by atoms with Gasteiger partial charge in [-0.15, -0.1) is 0 Å². The standard InChI is InChI=1S/C28H32N2O/c1-5-25-20(4)27(29-23-11-7-6-8-12-23)24-13-9-10-14-26(24)30(25)28(31)22-17-15-21(16-18-22)19(2)3/h6-20,25,27,29H,5H2,1-4H3/t20-,25+,27+/m1/s1. The van der Waals surface area contributed by atoms with E-state index in [9.17, 15) is 4.79 Å². The highest BCUT2D eigenvalue weighted by Crippen LogP contribution is 2.44. The van der Waals surface area contributed by atoms with E-state index in [1.807, 2.05) is 29.2 Å². The van der Waals surface area contributed by atoms with Gasteiger partial charge in [0.1, 0.15) is 0 Å². The molecule has 3 aromatic rings. The summed E-state index contributed by atoms with van der Waals surface area (Å²) in [6, 6.07) is 27.1. The van der Waals surface area contributed by atoms with E-state index in [1.54, 1.807) is 0 Å². The summed E-state index contributed by atoms with van der Waals surface area (Å²) in [4.78, 5) is 15.8. The lowest BCUT2D eigenvalue weighted by atomic mass is 9.80. The van der Waals surface area contributed by atoms with Gasteiger partial charge in [0.05, 0.1) is 6.04 Å². The predicted molar refractivity (Wildman–Crippen MR) is 130 cm³/mol. The summed E-state index contributed by atoms with van der Waals surface area (Å²) in [5, 5.41) is 3.73. The van der Waals surface area contributed by atoms with Crippen LogP contribution in [0.2, 0.25) is 0 Å². The van der Waals surface area contributed by atoms with Gasteiger partial charge in [-0.2, -0.15) is 0 Å². The molecule has 3 heteroatoms. The van der Waals surface area contributed by atoms with Crippen molar-refractivity contribution in [3.8, 4) is 0 Å². The van der Waals surface area contributed by atoms with Crippen LogP contribution in [0.4, 0.5) is 11.4 Å². The first-order valence-corrected chi connectivity index (χ1v) is 11.3. The van der Waals surface area contributed by atoms with Crippen molar-refractivity contribution in [3.63, 3.8) is 0 Å². The molecule has 0 saturated heterocycles. The zero-order valence-corrected chi connectivity index (χ0v) is 18.9. The van der Waals surface area contributed by atoms with Crippen LogP contribution >= 0.6 is 0 Å². The second kappa shape index (κ2) is 8.97. The highest BCUT2D eigenvalue weighted by atomic mass is 16.2. The highest BCUT2D eigenvalue weighted by molar-refractivity contribution is 6.07. The van der Waals surface area contributed by atoms with Gasteiger partial charge in [-0.05, 0) is 53.8 Å². The minimum Gasteiger partial charge on any atom is -0.378 e. The second-order valence-corrected chi connectivity index (χ2v) is 8.83. The maximum atomic E-state index is 13.7. The molecule has 0 radical (unpaired) electrons. The van der Waals surface area contributed by atoms with E-state index < -0.39 is 0 Å². The van der Waals surface area contributed by atoms with Crippen LogP contribution < -0.4 is 10.2 Å². The fourth-order valence-electron chi connectivity index (χ4n) is 4.78. The number of nitrogens with zero attached hydrogens (tertiary/aromatic N) is 1. The zero-order chi connectivity index (χ0) is 22.0. The number of nitrogens with one attached hydrogen (secondary N) is 1. The molecular weight excluding hydrogens is 380 g/mol. The van der Waals surface area contributed by atoms with E-state index in [-0.39, 0.29) is 23.9 Å². The monoisotopic (exact) mass is 412 g/mol. The third-order valence-corrected chi connectivity index (χ3v) is 6.55. The largest absolute Gasteiger partial charge is 0.378 e. The van der Waals surface area contributed by atoms with Crippen LogP contribution in [-0.2, 0) is 0 Å². The van der Waals surface area contributed by atoms with Gasteiger partial charge in [0.15, 0.2) is 0 Å². The number of fused-ring (bicyclic) bond motifs is 1. The molecule has 0 fully saturated rings. The quantitative estimate of drug-likeness (QED) is 0.487. The fraction of sp³-hybridized carbons (Fsp3) is 0.321. The molecule has 0 aromatic heterocycles. The minimum atomic E-state index is 0.0830. The Morgan fingerprint density at radius 3 is 2.23 bits per heavy atom. The van der Waals surface area contributed by atoms with Gasteiger partial charge in [-0.1, -0.05) is 76.2 Å². The lowest BCUT2D eigenvalue weighted by Gasteiger charge is -2.45. The van der Waals surface area contributed by atoms with E-state index in [1.165, 1.54) is 11.1 Å². The topological polar surface area (TPSA) is 32.3 Å². The number of amides is 1. The van der Waals surface area contributed by atoms with E-state index in [4.69, 9.17) is 0 Å². The normalized spacial score (nSPS) is 20.4. The summed E-state index contributed by atoms with van der Waals surface area (Å²) in [5.41, 5.74) is 5.30. The number of hydrogen-bond donors (Lipinski definition) is 1. The van der Waals surface area contributed by atoms with Crippen LogP contribution in [0.1, 0.15) is 67.6 Å². The first kappa shape index (κ1) is 21.2. The summed E-state index contributed by atoms with van der Waals surface area (Å²) in [6.45, 7) is 8.78. The molecule has 1 N–H and O–H groups in total. The molecule has 31 heavy (non-hydrogen) atoms. The summed E-state index contributed by atoms with van der Waals surface area (Å²) in [6.07, 6.45) is 0.901. The van der Waals surface area contributed by atoms with E-state index in [2.05, 4.69) is 87.6 Å². The summed E-state index contributed by atoms with van der Waals surface area (Å²) < 4.78 is 0.